The average molecular weight is 205 g/mol. The molecule has 8 heteroatoms. The van der Waals surface area contributed by atoms with Crippen LogP contribution in [-0.2, 0) is 4.74 Å². The maximum absolute atomic E-state index is 9.27. The number of nitrogens with zero attached hydrogens (tertiary/aromatic N) is 3. The Morgan fingerprint density at radius 3 is 2.36 bits per heavy atom. The highest BCUT2D eigenvalue weighted by Crippen LogP contribution is 2.21. The van der Waals surface area contributed by atoms with Crippen molar-refractivity contribution in [3.8, 4) is 0 Å². The van der Waals surface area contributed by atoms with E-state index in [2.05, 4.69) is 10.0 Å². The van der Waals surface area contributed by atoms with Crippen LogP contribution >= 0.6 is 0 Å². The van der Waals surface area contributed by atoms with Crippen LogP contribution in [0.5, 0.6) is 0 Å². The zero-order chi connectivity index (χ0) is 10.7. The van der Waals surface area contributed by atoms with E-state index in [0.717, 1.165) is 0 Å². The predicted octanol–water partition coefficient (Wildman–Crippen LogP) is -1.90. The molecule has 5 atom stereocenters. The molecule has 1 aliphatic heterocycles. The molecule has 4 N–H and O–H groups in total. The molecule has 2 unspecified atom stereocenters. The summed E-state index contributed by atoms with van der Waals surface area (Å²) in [6, 6.07) is 0. The lowest BCUT2D eigenvalue weighted by Gasteiger charge is -2.37. The Morgan fingerprint density at radius 2 is 1.86 bits per heavy atom. The Balaban J connectivity index is 2.77. The first kappa shape index (κ1) is 11.2. The second kappa shape index (κ2) is 4.56. The molecule has 1 aliphatic rings. The third-order valence-corrected chi connectivity index (χ3v) is 2.03. The van der Waals surface area contributed by atoms with Gasteiger partial charge in [-0.25, -0.2) is 0 Å². The van der Waals surface area contributed by atoms with Crippen molar-refractivity contribution in [2.45, 2.75) is 30.6 Å². The minimum Gasteiger partial charge on any atom is -0.394 e. The SMILES string of the molecule is [N-]=[N+]=N[C@@H]1OC(CO)[C@@H](O)C(O)[C@@H]1O. The second-order valence-corrected chi connectivity index (χ2v) is 2.92. The highest BCUT2D eigenvalue weighted by Gasteiger charge is 2.42. The van der Waals surface area contributed by atoms with Gasteiger partial charge in [-0.15, -0.1) is 0 Å². The lowest BCUT2D eigenvalue weighted by molar-refractivity contribution is -0.227. The summed E-state index contributed by atoms with van der Waals surface area (Å²) in [6.45, 7) is -0.539. The molecular formula is C6H11N3O5. The lowest BCUT2D eigenvalue weighted by atomic mass is 9.99. The van der Waals surface area contributed by atoms with Gasteiger partial charge in [0.15, 0.2) is 6.23 Å². The maximum atomic E-state index is 9.27. The Bertz CT molecular complexity index is 242. The first-order chi connectivity index (χ1) is 6.61. The van der Waals surface area contributed by atoms with Gasteiger partial charge in [0.05, 0.1) is 6.61 Å². The predicted molar refractivity (Wildman–Crippen MR) is 42.9 cm³/mol. The van der Waals surface area contributed by atoms with Crippen molar-refractivity contribution in [3.05, 3.63) is 10.4 Å². The molecule has 0 saturated carbocycles. The van der Waals surface area contributed by atoms with Gasteiger partial charge in [-0.1, -0.05) is 5.11 Å². The normalized spacial score (nSPS) is 43.0. The molecule has 0 aromatic heterocycles. The number of azide groups is 1. The van der Waals surface area contributed by atoms with Crippen LogP contribution in [0.25, 0.3) is 10.4 Å². The Kier molecular flexibility index (Phi) is 3.64. The van der Waals surface area contributed by atoms with E-state index < -0.39 is 37.3 Å². The second-order valence-electron chi connectivity index (χ2n) is 2.92. The molecule has 1 rings (SSSR count). The first-order valence-electron chi connectivity index (χ1n) is 3.96. The summed E-state index contributed by atoms with van der Waals surface area (Å²) in [5.41, 5.74) is 8.11. The van der Waals surface area contributed by atoms with Crippen LogP contribution in [0.15, 0.2) is 5.11 Å². The van der Waals surface area contributed by atoms with E-state index in [1.54, 1.807) is 0 Å². The molecule has 80 valence electrons. The summed E-state index contributed by atoms with van der Waals surface area (Å²) in [6.07, 6.45) is -6.76. The van der Waals surface area contributed by atoms with Gasteiger partial charge < -0.3 is 25.2 Å². The molecule has 0 bridgehead atoms. The Labute approximate surface area is 79.0 Å². The number of rotatable bonds is 2. The third kappa shape index (κ3) is 1.95. The fourth-order valence-corrected chi connectivity index (χ4v) is 1.23. The van der Waals surface area contributed by atoms with Crippen LogP contribution in [0.3, 0.4) is 0 Å². The van der Waals surface area contributed by atoms with Gasteiger partial charge in [-0.2, -0.15) is 0 Å². The minimum absolute atomic E-state index is 0.539. The molecule has 0 radical (unpaired) electrons. The van der Waals surface area contributed by atoms with E-state index in [4.69, 9.17) is 15.4 Å². The number of hydrogen-bond acceptors (Lipinski definition) is 6. The quantitative estimate of drug-likeness (QED) is 0.237. The van der Waals surface area contributed by atoms with Gasteiger partial charge >= 0.3 is 0 Å². The molecule has 0 spiro atoms. The summed E-state index contributed by atoms with van der Waals surface area (Å²) >= 11 is 0. The van der Waals surface area contributed by atoms with Gasteiger partial charge in [-0.3, -0.25) is 0 Å². The van der Waals surface area contributed by atoms with Crippen LogP contribution < -0.4 is 0 Å². The van der Waals surface area contributed by atoms with Crippen molar-refractivity contribution in [1.29, 1.82) is 0 Å². The van der Waals surface area contributed by atoms with E-state index in [1.807, 2.05) is 0 Å². The zero-order valence-corrected chi connectivity index (χ0v) is 7.13. The number of aliphatic hydroxyl groups excluding tert-OH is 4. The standard InChI is InChI=1S/C6H11N3O5/c7-9-8-6-5(13)4(12)3(11)2(1-10)14-6/h2-6,10-13H,1H2/t2?,3-,4?,5+,6-/m1/s1. The smallest absolute Gasteiger partial charge is 0.165 e. The summed E-state index contributed by atoms with van der Waals surface area (Å²) in [5.74, 6) is 0. The number of aliphatic hydroxyl groups is 4. The summed E-state index contributed by atoms with van der Waals surface area (Å²) in [4.78, 5) is 2.40. The van der Waals surface area contributed by atoms with Crippen LogP contribution in [0, 0.1) is 0 Å². The molecular weight excluding hydrogens is 194 g/mol. The van der Waals surface area contributed by atoms with Crippen LogP contribution in [0.1, 0.15) is 0 Å². The third-order valence-electron chi connectivity index (χ3n) is 2.03. The highest BCUT2D eigenvalue weighted by molar-refractivity contribution is 4.90. The Morgan fingerprint density at radius 1 is 1.21 bits per heavy atom. The van der Waals surface area contributed by atoms with Crippen molar-refractivity contribution >= 4 is 0 Å². The van der Waals surface area contributed by atoms with E-state index in [1.165, 1.54) is 0 Å². The van der Waals surface area contributed by atoms with Crippen molar-refractivity contribution in [1.82, 2.24) is 0 Å². The highest BCUT2D eigenvalue weighted by atomic mass is 16.6. The molecule has 1 heterocycles. The largest absolute Gasteiger partial charge is 0.394 e. The fraction of sp³-hybridized carbons (Fsp3) is 1.00. The van der Waals surface area contributed by atoms with Crippen LogP contribution in [0.2, 0.25) is 0 Å². The van der Waals surface area contributed by atoms with Gasteiger partial charge in [0, 0.05) is 4.91 Å². The number of ether oxygens (including phenoxy) is 1. The molecule has 14 heavy (non-hydrogen) atoms. The molecule has 0 aromatic rings. The summed E-state index contributed by atoms with van der Waals surface area (Å²) < 4.78 is 4.84. The molecule has 0 aromatic carbocycles. The lowest BCUT2D eigenvalue weighted by Crippen LogP contribution is -2.57. The van der Waals surface area contributed by atoms with Gasteiger partial charge in [0.2, 0.25) is 0 Å². The average Bonchev–Trinajstić information content (AvgIpc) is 2.19. The zero-order valence-electron chi connectivity index (χ0n) is 7.13. The minimum atomic E-state index is -1.50. The monoisotopic (exact) mass is 205 g/mol. The van der Waals surface area contributed by atoms with Gasteiger partial charge in [-0.05, 0) is 5.53 Å². The van der Waals surface area contributed by atoms with Gasteiger partial charge in [0.1, 0.15) is 24.4 Å². The summed E-state index contributed by atoms with van der Waals surface area (Å²) in [5, 5.41) is 39.6. The fourth-order valence-electron chi connectivity index (χ4n) is 1.23. The van der Waals surface area contributed by atoms with E-state index in [-0.39, 0.29) is 0 Å². The maximum Gasteiger partial charge on any atom is 0.165 e. The van der Waals surface area contributed by atoms with E-state index in [9.17, 15) is 15.3 Å². The van der Waals surface area contributed by atoms with Crippen molar-refractivity contribution in [2.75, 3.05) is 6.61 Å². The summed E-state index contributed by atoms with van der Waals surface area (Å²) in [7, 11) is 0. The van der Waals surface area contributed by atoms with Crippen molar-refractivity contribution in [2.24, 2.45) is 5.11 Å². The molecule has 0 amide bonds. The Hall–Kier alpha value is -0.890. The van der Waals surface area contributed by atoms with Gasteiger partial charge in [0.25, 0.3) is 0 Å². The molecule has 8 nitrogen and oxygen atoms in total. The molecule has 0 aliphatic carbocycles. The molecule has 1 saturated heterocycles. The van der Waals surface area contributed by atoms with E-state index >= 15 is 0 Å². The van der Waals surface area contributed by atoms with E-state index in [0.29, 0.717) is 0 Å². The number of hydrogen-bond donors (Lipinski definition) is 4. The molecule has 1 fully saturated rings. The van der Waals surface area contributed by atoms with Crippen molar-refractivity contribution < 1.29 is 25.2 Å². The van der Waals surface area contributed by atoms with Crippen molar-refractivity contribution in [3.63, 3.8) is 0 Å². The topological polar surface area (TPSA) is 139 Å². The van der Waals surface area contributed by atoms with Crippen LogP contribution in [-0.4, -0.2) is 57.7 Å². The first-order valence-corrected chi connectivity index (χ1v) is 3.96. The van der Waals surface area contributed by atoms with Crippen LogP contribution in [0.4, 0.5) is 0 Å².